The number of nitriles is 1. The number of carbonyl (C=O) groups is 3. The Hall–Kier alpha value is -3.86. The van der Waals surface area contributed by atoms with Crippen molar-refractivity contribution in [1.82, 2.24) is 5.32 Å². The molecule has 0 aliphatic carbocycles. The van der Waals surface area contributed by atoms with Crippen LogP contribution in [0.4, 0.5) is 5.69 Å². The van der Waals surface area contributed by atoms with Crippen molar-refractivity contribution in [3.8, 4) is 11.8 Å². The van der Waals surface area contributed by atoms with Gasteiger partial charge in [-0.25, -0.2) is 4.79 Å². The summed E-state index contributed by atoms with van der Waals surface area (Å²) in [6.07, 6.45) is 0. The highest BCUT2D eigenvalue weighted by Gasteiger charge is 2.15. The minimum atomic E-state index is -0.763. The van der Waals surface area contributed by atoms with Crippen molar-refractivity contribution in [3.05, 3.63) is 59.7 Å². The molecule has 8 nitrogen and oxygen atoms in total. The predicted octanol–water partition coefficient (Wildman–Crippen LogP) is 2.50. The molecule has 8 heteroatoms. The number of hydrogen-bond donors (Lipinski definition) is 2. The van der Waals surface area contributed by atoms with E-state index in [0.717, 1.165) is 0 Å². The minimum Gasteiger partial charge on any atom is -0.481 e. The smallest absolute Gasteiger partial charge is 0.344 e. The van der Waals surface area contributed by atoms with Crippen LogP contribution < -0.4 is 15.4 Å². The lowest BCUT2D eigenvalue weighted by atomic mass is 10.1. The molecule has 0 bridgehead atoms. The van der Waals surface area contributed by atoms with E-state index in [-0.39, 0.29) is 23.1 Å². The molecule has 2 aromatic rings. The normalized spacial score (nSPS) is 10.1. The number of nitrogens with zero attached hydrogens (tertiary/aromatic N) is 1. The number of esters is 1. The van der Waals surface area contributed by atoms with Crippen LogP contribution in [0.15, 0.2) is 48.5 Å². The number of para-hydroxylation sites is 2. The van der Waals surface area contributed by atoms with Crippen molar-refractivity contribution in [3.63, 3.8) is 0 Å². The van der Waals surface area contributed by atoms with E-state index in [1.54, 1.807) is 48.5 Å². The van der Waals surface area contributed by atoms with Gasteiger partial charge < -0.3 is 20.1 Å². The third-order valence-corrected chi connectivity index (χ3v) is 3.83. The van der Waals surface area contributed by atoms with E-state index in [1.807, 2.05) is 19.9 Å². The molecule has 2 aromatic carbocycles. The first kappa shape index (κ1) is 22.4. The molecule has 0 aliphatic rings. The number of nitrogens with one attached hydrogen (secondary N) is 2. The van der Waals surface area contributed by atoms with E-state index >= 15 is 0 Å². The number of carbonyl (C=O) groups excluding carboxylic acids is 3. The summed E-state index contributed by atoms with van der Waals surface area (Å²) in [5.74, 6) is -1.12. The molecule has 2 rings (SSSR count). The summed E-state index contributed by atoms with van der Waals surface area (Å²) in [4.78, 5) is 36.3. The third-order valence-electron chi connectivity index (χ3n) is 3.83. The SMILES string of the molecule is CC(C)CNC(=O)c1ccccc1NC(=O)COC(=O)COc1ccccc1C#N. The first-order valence-corrected chi connectivity index (χ1v) is 9.35. The van der Waals surface area contributed by atoms with Gasteiger partial charge in [0.05, 0.1) is 16.8 Å². The van der Waals surface area contributed by atoms with E-state index in [1.165, 1.54) is 0 Å². The molecule has 0 saturated heterocycles. The average Bonchev–Trinajstić information content (AvgIpc) is 2.75. The maximum atomic E-state index is 12.3. The molecular formula is C22H23N3O5. The average molecular weight is 409 g/mol. The van der Waals surface area contributed by atoms with Crippen molar-refractivity contribution in [2.24, 2.45) is 5.92 Å². The van der Waals surface area contributed by atoms with Gasteiger partial charge in [-0.05, 0) is 30.2 Å². The molecule has 30 heavy (non-hydrogen) atoms. The zero-order valence-corrected chi connectivity index (χ0v) is 16.8. The van der Waals surface area contributed by atoms with Gasteiger partial charge in [-0.15, -0.1) is 0 Å². The Labute approximate surface area is 174 Å². The van der Waals surface area contributed by atoms with Crippen molar-refractivity contribution < 1.29 is 23.9 Å². The fraction of sp³-hybridized carbons (Fsp3) is 0.273. The number of anilines is 1. The minimum absolute atomic E-state index is 0.253. The Kier molecular flexibility index (Phi) is 8.39. The largest absolute Gasteiger partial charge is 0.481 e. The summed E-state index contributed by atoms with van der Waals surface area (Å²) in [6.45, 7) is 3.48. The Morgan fingerprint density at radius 2 is 1.73 bits per heavy atom. The molecule has 0 atom stereocenters. The van der Waals surface area contributed by atoms with Crippen molar-refractivity contribution >= 4 is 23.5 Å². The molecule has 156 valence electrons. The summed E-state index contributed by atoms with van der Waals surface area (Å²) in [5, 5.41) is 14.3. The molecule has 2 amide bonds. The standard InChI is InChI=1S/C22H23N3O5/c1-15(2)12-24-22(28)17-8-4-5-9-18(17)25-20(26)13-30-21(27)14-29-19-10-6-3-7-16(19)11-23/h3-10,15H,12-14H2,1-2H3,(H,24,28)(H,25,26). The quantitative estimate of drug-likeness (QED) is 0.615. The van der Waals surface area contributed by atoms with Gasteiger partial charge >= 0.3 is 5.97 Å². The molecule has 0 spiro atoms. The van der Waals surface area contributed by atoms with Crippen LogP contribution in [-0.2, 0) is 14.3 Å². The number of ether oxygens (including phenoxy) is 2. The van der Waals surface area contributed by atoms with Gasteiger partial charge in [0.25, 0.3) is 11.8 Å². The Bertz CT molecular complexity index is 950. The second-order valence-electron chi connectivity index (χ2n) is 6.75. The second-order valence-corrected chi connectivity index (χ2v) is 6.75. The van der Waals surface area contributed by atoms with Crippen LogP contribution >= 0.6 is 0 Å². The first-order valence-electron chi connectivity index (χ1n) is 9.35. The predicted molar refractivity (Wildman–Crippen MR) is 110 cm³/mol. The Morgan fingerprint density at radius 3 is 2.47 bits per heavy atom. The maximum absolute atomic E-state index is 12.3. The molecule has 0 heterocycles. The van der Waals surface area contributed by atoms with E-state index in [0.29, 0.717) is 17.8 Å². The number of amides is 2. The van der Waals surface area contributed by atoms with Gasteiger partial charge in [-0.2, -0.15) is 5.26 Å². The summed E-state index contributed by atoms with van der Waals surface area (Å²) < 4.78 is 10.1. The van der Waals surface area contributed by atoms with Crippen LogP contribution in [0, 0.1) is 17.2 Å². The van der Waals surface area contributed by atoms with E-state index < -0.39 is 25.1 Å². The highest BCUT2D eigenvalue weighted by Crippen LogP contribution is 2.17. The van der Waals surface area contributed by atoms with Crippen molar-refractivity contribution in [2.45, 2.75) is 13.8 Å². The number of benzene rings is 2. The summed E-state index contributed by atoms with van der Waals surface area (Å²) in [5.41, 5.74) is 0.920. The van der Waals surface area contributed by atoms with Gasteiger partial charge in [0.1, 0.15) is 11.8 Å². The lowest BCUT2D eigenvalue weighted by Crippen LogP contribution is -2.29. The van der Waals surface area contributed by atoms with Crippen LogP contribution in [0.3, 0.4) is 0 Å². The van der Waals surface area contributed by atoms with E-state index in [2.05, 4.69) is 10.6 Å². The molecule has 0 aromatic heterocycles. The summed E-state index contributed by atoms with van der Waals surface area (Å²) >= 11 is 0. The number of hydrogen-bond acceptors (Lipinski definition) is 6. The van der Waals surface area contributed by atoms with Crippen molar-refractivity contribution in [1.29, 1.82) is 5.26 Å². The van der Waals surface area contributed by atoms with Crippen LogP contribution in [0.1, 0.15) is 29.8 Å². The number of rotatable bonds is 9. The fourth-order valence-electron chi connectivity index (χ4n) is 2.38. The van der Waals surface area contributed by atoms with Crippen LogP contribution in [0.25, 0.3) is 0 Å². The summed E-state index contributed by atoms with van der Waals surface area (Å²) in [7, 11) is 0. The van der Waals surface area contributed by atoms with Gasteiger partial charge in [0, 0.05) is 6.54 Å². The zero-order valence-electron chi connectivity index (χ0n) is 16.8. The molecule has 0 unspecified atom stereocenters. The van der Waals surface area contributed by atoms with Crippen molar-refractivity contribution in [2.75, 3.05) is 25.1 Å². The lowest BCUT2D eigenvalue weighted by molar-refractivity contribution is -0.149. The van der Waals surface area contributed by atoms with Gasteiger partial charge in [-0.3, -0.25) is 9.59 Å². The Morgan fingerprint density at radius 1 is 1.03 bits per heavy atom. The first-order chi connectivity index (χ1) is 14.4. The van der Waals surface area contributed by atoms with Crippen LogP contribution in [-0.4, -0.2) is 37.5 Å². The second kappa shape index (κ2) is 11.2. The van der Waals surface area contributed by atoms with Gasteiger partial charge in [0.15, 0.2) is 13.2 Å². The molecule has 0 fully saturated rings. The van der Waals surface area contributed by atoms with Gasteiger partial charge in [-0.1, -0.05) is 38.1 Å². The lowest BCUT2D eigenvalue weighted by Gasteiger charge is -2.13. The highest BCUT2D eigenvalue weighted by molar-refractivity contribution is 6.04. The molecule has 0 radical (unpaired) electrons. The van der Waals surface area contributed by atoms with Crippen LogP contribution in [0.5, 0.6) is 5.75 Å². The zero-order chi connectivity index (χ0) is 21.9. The molecule has 0 aliphatic heterocycles. The Balaban J connectivity index is 1.85. The third kappa shape index (κ3) is 6.95. The monoisotopic (exact) mass is 409 g/mol. The highest BCUT2D eigenvalue weighted by atomic mass is 16.6. The van der Waals surface area contributed by atoms with E-state index in [9.17, 15) is 14.4 Å². The molecule has 0 saturated carbocycles. The molecular weight excluding hydrogens is 386 g/mol. The van der Waals surface area contributed by atoms with Gasteiger partial charge in [0.2, 0.25) is 0 Å². The fourth-order valence-corrected chi connectivity index (χ4v) is 2.38. The topological polar surface area (TPSA) is 118 Å². The van der Waals surface area contributed by atoms with Crippen LogP contribution in [0.2, 0.25) is 0 Å². The summed E-state index contributed by atoms with van der Waals surface area (Å²) in [6, 6.07) is 15.0. The molecule has 2 N–H and O–H groups in total. The van der Waals surface area contributed by atoms with E-state index in [4.69, 9.17) is 14.7 Å². The maximum Gasteiger partial charge on any atom is 0.344 e.